The summed E-state index contributed by atoms with van der Waals surface area (Å²) in [5.74, 6) is 3.95. The fraction of sp³-hybridized carbons (Fsp3) is 0.493. The molecule has 0 N–H and O–H groups in total. The van der Waals surface area contributed by atoms with Crippen LogP contribution in [-0.4, -0.2) is 77.4 Å². The zero-order valence-electron chi connectivity index (χ0n) is 53.6. The highest BCUT2D eigenvalue weighted by atomic mass is 16.7. The molecule has 0 saturated carbocycles. The molecule has 0 aromatic heterocycles. The molecule has 0 amide bonds. The van der Waals surface area contributed by atoms with Gasteiger partial charge in [-0.05, 0) is 259 Å². The maximum atomic E-state index is 6.84. The van der Waals surface area contributed by atoms with Crippen LogP contribution < -0.4 is 28.4 Å². The predicted octanol–water partition coefficient (Wildman–Crippen LogP) is 16.7. The van der Waals surface area contributed by atoms with E-state index in [1.165, 1.54) is 0 Å². The van der Waals surface area contributed by atoms with Gasteiger partial charge < -0.3 is 56.8 Å². The van der Waals surface area contributed by atoms with Crippen LogP contribution in [0.1, 0.15) is 184 Å². The Morgan fingerprint density at radius 1 is 0.253 bits per heavy atom. The van der Waals surface area contributed by atoms with E-state index in [0.717, 1.165) is 124 Å². The Bertz CT molecular complexity index is 2710. The molecule has 0 bridgehead atoms. The second-order valence-corrected chi connectivity index (χ2v) is 21.5. The third-order valence-electron chi connectivity index (χ3n) is 14.8. The smallest absolute Gasteiger partial charge is 0.196 e. The standard InChI is InChI=1S/C71H96O12/c1-21-72-50(15)78-64-29-27-56(40-62(64)70(58-31-46(11)66(35-42(58)7)80-52(17)74-23-3)59-32-47(12)67(36-43(59)8)81-53(18)75-24-4)39-57-28-30-65(79-51(16)73-22-2)63(41-57)71(60-33-48(13)68(37-44(60)9)82-54(19)76-25-5)61-34-49(14)69(38-45(61)10)83-55(20)77-26-6/h27-38,40-41,50-55,70-71H,21-26,39H2,1-20H3. The van der Waals surface area contributed by atoms with Gasteiger partial charge in [0.15, 0.2) is 37.7 Å². The van der Waals surface area contributed by atoms with Gasteiger partial charge >= 0.3 is 0 Å². The van der Waals surface area contributed by atoms with E-state index in [0.29, 0.717) is 46.1 Å². The molecule has 452 valence electrons. The summed E-state index contributed by atoms with van der Waals surface area (Å²) in [4.78, 5) is 0. The molecule has 6 aromatic rings. The van der Waals surface area contributed by atoms with Crippen molar-refractivity contribution in [3.63, 3.8) is 0 Å². The minimum Gasteiger partial charge on any atom is -0.465 e. The predicted molar refractivity (Wildman–Crippen MR) is 332 cm³/mol. The second-order valence-electron chi connectivity index (χ2n) is 21.5. The lowest BCUT2D eigenvalue weighted by Gasteiger charge is -2.29. The quantitative estimate of drug-likeness (QED) is 0.0296. The van der Waals surface area contributed by atoms with Gasteiger partial charge in [-0.3, -0.25) is 0 Å². The molecule has 12 heteroatoms. The average molecular weight is 1140 g/mol. The minimum atomic E-state index is -0.518. The van der Waals surface area contributed by atoms with Crippen LogP contribution in [0.3, 0.4) is 0 Å². The van der Waals surface area contributed by atoms with Gasteiger partial charge in [0.05, 0.1) is 0 Å². The lowest BCUT2D eigenvalue weighted by atomic mass is 9.78. The summed E-state index contributed by atoms with van der Waals surface area (Å²) in [6, 6.07) is 30.7. The van der Waals surface area contributed by atoms with Crippen LogP contribution >= 0.6 is 0 Å². The highest BCUT2D eigenvalue weighted by Crippen LogP contribution is 2.47. The normalized spacial score (nSPS) is 14.5. The summed E-state index contributed by atoms with van der Waals surface area (Å²) in [5.41, 5.74) is 16.8. The Labute approximate surface area is 497 Å². The molecular formula is C71H96O12. The average Bonchev–Trinajstić information content (AvgIpc) is 2.16. The van der Waals surface area contributed by atoms with Crippen molar-refractivity contribution < 1.29 is 56.8 Å². The molecular weight excluding hydrogens is 1040 g/mol. The topological polar surface area (TPSA) is 111 Å². The fourth-order valence-electron chi connectivity index (χ4n) is 11.0. The Hall–Kier alpha value is -6.12. The van der Waals surface area contributed by atoms with Crippen molar-refractivity contribution in [3.05, 3.63) is 174 Å². The second kappa shape index (κ2) is 31.1. The van der Waals surface area contributed by atoms with Crippen molar-refractivity contribution in [2.24, 2.45) is 0 Å². The molecule has 83 heavy (non-hydrogen) atoms. The van der Waals surface area contributed by atoms with Gasteiger partial charge in [0, 0.05) is 62.6 Å². The van der Waals surface area contributed by atoms with Crippen molar-refractivity contribution in [1.82, 2.24) is 0 Å². The zero-order valence-corrected chi connectivity index (χ0v) is 53.6. The van der Waals surface area contributed by atoms with Gasteiger partial charge in [0.2, 0.25) is 0 Å². The van der Waals surface area contributed by atoms with E-state index in [1.807, 2.05) is 83.1 Å². The van der Waals surface area contributed by atoms with Crippen molar-refractivity contribution >= 4 is 0 Å². The first-order chi connectivity index (χ1) is 39.6. The van der Waals surface area contributed by atoms with Gasteiger partial charge in [-0.15, -0.1) is 0 Å². The van der Waals surface area contributed by atoms with Crippen LogP contribution in [0.5, 0.6) is 34.5 Å². The Morgan fingerprint density at radius 2 is 0.470 bits per heavy atom. The van der Waals surface area contributed by atoms with Crippen molar-refractivity contribution in [1.29, 1.82) is 0 Å². The first-order valence-electron chi connectivity index (χ1n) is 30.0. The molecule has 0 aliphatic rings. The van der Waals surface area contributed by atoms with E-state index >= 15 is 0 Å². The van der Waals surface area contributed by atoms with Crippen molar-refractivity contribution in [2.45, 2.75) is 194 Å². The molecule has 0 aliphatic heterocycles. The van der Waals surface area contributed by atoms with Crippen LogP contribution in [-0.2, 0) is 34.8 Å². The molecule has 0 saturated heterocycles. The van der Waals surface area contributed by atoms with Gasteiger partial charge in [-0.1, -0.05) is 48.5 Å². The van der Waals surface area contributed by atoms with E-state index in [9.17, 15) is 0 Å². The summed E-state index contributed by atoms with van der Waals surface area (Å²) >= 11 is 0. The highest BCUT2D eigenvalue weighted by molar-refractivity contribution is 5.61. The van der Waals surface area contributed by atoms with Crippen LogP contribution in [0.25, 0.3) is 0 Å². The monoisotopic (exact) mass is 1140 g/mol. The molecule has 0 heterocycles. The molecule has 6 unspecified atom stereocenters. The molecule has 12 nitrogen and oxygen atoms in total. The van der Waals surface area contributed by atoms with Crippen molar-refractivity contribution in [2.75, 3.05) is 39.6 Å². The van der Waals surface area contributed by atoms with Crippen LogP contribution in [0.2, 0.25) is 0 Å². The van der Waals surface area contributed by atoms with Crippen LogP contribution in [0.4, 0.5) is 0 Å². The maximum absolute atomic E-state index is 6.84. The highest BCUT2D eigenvalue weighted by Gasteiger charge is 2.30. The van der Waals surface area contributed by atoms with Crippen LogP contribution in [0.15, 0.2) is 84.9 Å². The lowest BCUT2D eigenvalue weighted by molar-refractivity contribution is -0.0622. The molecule has 6 rings (SSSR count). The summed E-state index contributed by atoms with van der Waals surface area (Å²) in [6.45, 7) is 43.6. The van der Waals surface area contributed by atoms with Gasteiger partial charge in [-0.25, -0.2) is 0 Å². The number of rotatable bonds is 32. The number of ether oxygens (including phenoxy) is 12. The van der Waals surface area contributed by atoms with E-state index in [2.05, 4.69) is 140 Å². The molecule has 0 aliphatic carbocycles. The minimum absolute atomic E-state index is 0.298. The van der Waals surface area contributed by atoms with Gasteiger partial charge in [-0.2, -0.15) is 0 Å². The summed E-state index contributed by atoms with van der Waals surface area (Å²) < 4.78 is 74.8. The summed E-state index contributed by atoms with van der Waals surface area (Å²) in [7, 11) is 0. The van der Waals surface area contributed by atoms with Crippen LogP contribution in [0, 0.1) is 55.4 Å². The molecule has 6 atom stereocenters. The largest absolute Gasteiger partial charge is 0.465 e. The summed E-state index contributed by atoms with van der Waals surface area (Å²) in [5, 5.41) is 0. The SMILES string of the molecule is CCOC(C)Oc1cc(C)c(C(c2cc(C)c(OC(C)OCC)cc2C)c2cc(Cc3ccc(OC(C)OCC)c(C(c4cc(C)c(OC(C)OCC)cc4C)c4cc(C)c(OC(C)OCC)cc4C)c3)ccc2OC(C)OCC)cc1C. The third kappa shape index (κ3) is 17.5. The number of hydrogen-bond donors (Lipinski definition) is 0. The van der Waals surface area contributed by atoms with Gasteiger partial charge in [0.1, 0.15) is 34.5 Å². The zero-order chi connectivity index (χ0) is 60.7. The van der Waals surface area contributed by atoms with E-state index < -0.39 is 37.7 Å². The van der Waals surface area contributed by atoms with E-state index in [1.54, 1.807) is 0 Å². The molecule has 0 spiro atoms. The number of hydrogen-bond acceptors (Lipinski definition) is 12. The Balaban J connectivity index is 1.62. The third-order valence-corrected chi connectivity index (χ3v) is 14.8. The van der Waals surface area contributed by atoms with E-state index in [-0.39, 0.29) is 11.8 Å². The maximum Gasteiger partial charge on any atom is 0.196 e. The lowest BCUT2D eigenvalue weighted by Crippen LogP contribution is -2.19. The molecule has 0 fully saturated rings. The molecule has 0 radical (unpaired) electrons. The number of aryl methyl sites for hydroxylation is 8. The van der Waals surface area contributed by atoms with E-state index in [4.69, 9.17) is 56.8 Å². The Kier molecular flexibility index (Phi) is 24.8. The van der Waals surface area contributed by atoms with Gasteiger partial charge in [0.25, 0.3) is 0 Å². The first kappa shape index (κ1) is 66.0. The first-order valence-corrected chi connectivity index (χ1v) is 30.0. The van der Waals surface area contributed by atoms with Crippen molar-refractivity contribution in [3.8, 4) is 34.5 Å². The summed E-state index contributed by atoms with van der Waals surface area (Å²) in [6.07, 6.45) is -2.10. The fourth-order valence-corrected chi connectivity index (χ4v) is 11.0. The molecule has 6 aromatic carbocycles. The Morgan fingerprint density at radius 3 is 0.687 bits per heavy atom. The number of benzene rings is 6.